The zero-order valence-corrected chi connectivity index (χ0v) is 12.2. The molecular formula is C15H21N3O. The molecular weight excluding hydrogens is 238 g/mol. The van der Waals surface area contributed by atoms with E-state index in [0.29, 0.717) is 6.42 Å². The van der Waals surface area contributed by atoms with Crippen LogP contribution in [0.15, 0.2) is 18.3 Å². The van der Waals surface area contributed by atoms with E-state index in [2.05, 4.69) is 10.3 Å². The van der Waals surface area contributed by atoms with Crippen LogP contribution >= 0.6 is 0 Å². The van der Waals surface area contributed by atoms with E-state index in [0.717, 1.165) is 22.6 Å². The minimum atomic E-state index is -0.207. The number of hydrogen-bond acceptors (Lipinski definition) is 2. The lowest BCUT2D eigenvalue weighted by molar-refractivity contribution is -0.121. The molecule has 2 aromatic rings. The molecule has 4 nitrogen and oxygen atoms in total. The van der Waals surface area contributed by atoms with E-state index in [-0.39, 0.29) is 11.4 Å². The number of rotatable bonds is 2. The number of nitrogens with zero attached hydrogens (tertiary/aromatic N) is 2. The molecule has 0 fully saturated rings. The van der Waals surface area contributed by atoms with E-state index >= 15 is 0 Å². The van der Waals surface area contributed by atoms with Crippen LogP contribution in [0.3, 0.4) is 0 Å². The highest BCUT2D eigenvalue weighted by Gasteiger charge is 2.17. The lowest BCUT2D eigenvalue weighted by atomic mass is 10.1. The highest BCUT2D eigenvalue weighted by Crippen LogP contribution is 2.16. The first-order valence-electron chi connectivity index (χ1n) is 6.52. The van der Waals surface area contributed by atoms with Gasteiger partial charge in [0.25, 0.3) is 0 Å². The van der Waals surface area contributed by atoms with Crippen LogP contribution in [0.4, 0.5) is 0 Å². The number of carbonyl (C=O) groups is 1. The Kier molecular flexibility index (Phi) is 3.35. The maximum absolute atomic E-state index is 12.1. The van der Waals surface area contributed by atoms with E-state index in [1.807, 2.05) is 57.3 Å². The summed E-state index contributed by atoms with van der Waals surface area (Å²) in [6, 6.07) is 4.01. The van der Waals surface area contributed by atoms with Gasteiger partial charge in [-0.1, -0.05) is 6.07 Å². The molecule has 0 radical (unpaired) electrons. The van der Waals surface area contributed by atoms with E-state index in [1.54, 1.807) is 0 Å². The molecule has 0 aromatic carbocycles. The fourth-order valence-electron chi connectivity index (χ4n) is 2.19. The van der Waals surface area contributed by atoms with Crippen LogP contribution in [0.25, 0.3) is 5.65 Å². The van der Waals surface area contributed by atoms with Crippen molar-refractivity contribution in [3.05, 3.63) is 35.3 Å². The maximum Gasteiger partial charge on any atom is 0.226 e. The van der Waals surface area contributed by atoms with Gasteiger partial charge < -0.3 is 9.72 Å². The van der Waals surface area contributed by atoms with Gasteiger partial charge in [-0.05, 0) is 46.2 Å². The lowest BCUT2D eigenvalue weighted by Crippen LogP contribution is -2.41. The summed E-state index contributed by atoms with van der Waals surface area (Å²) >= 11 is 0. The van der Waals surface area contributed by atoms with Gasteiger partial charge in [0, 0.05) is 11.7 Å². The van der Waals surface area contributed by atoms with Gasteiger partial charge in [-0.3, -0.25) is 4.79 Å². The first-order valence-corrected chi connectivity index (χ1v) is 6.52. The molecule has 1 amide bonds. The van der Waals surface area contributed by atoms with Gasteiger partial charge >= 0.3 is 0 Å². The molecule has 0 unspecified atom stereocenters. The number of aryl methyl sites for hydroxylation is 2. The van der Waals surface area contributed by atoms with Gasteiger partial charge in [-0.25, -0.2) is 4.98 Å². The van der Waals surface area contributed by atoms with Gasteiger partial charge in [0.05, 0.1) is 17.8 Å². The second-order valence-corrected chi connectivity index (χ2v) is 6.00. The summed E-state index contributed by atoms with van der Waals surface area (Å²) < 4.78 is 2.01. The average Bonchev–Trinajstić information content (AvgIpc) is 2.55. The third-order valence-corrected chi connectivity index (χ3v) is 2.99. The highest BCUT2D eigenvalue weighted by molar-refractivity contribution is 5.79. The average molecular weight is 259 g/mol. The van der Waals surface area contributed by atoms with E-state index < -0.39 is 0 Å². The summed E-state index contributed by atoms with van der Waals surface area (Å²) in [7, 11) is 0. The Bertz CT molecular complexity index is 620. The number of fused-ring (bicyclic) bond motifs is 1. The van der Waals surface area contributed by atoms with Crippen LogP contribution in [0.1, 0.15) is 37.7 Å². The number of nitrogens with one attached hydrogen (secondary N) is 1. The number of carbonyl (C=O) groups excluding carboxylic acids is 1. The predicted molar refractivity (Wildman–Crippen MR) is 76.3 cm³/mol. The molecule has 2 rings (SSSR count). The molecule has 0 spiro atoms. The normalized spacial score (nSPS) is 11.8. The third kappa shape index (κ3) is 2.95. The Morgan fingerprint density at radius 2 is 2.05 bits per heavy atom. The van der Waals surface area contributed by atoms with E-state index in [1.165, 1.54) is 0 Å². The monoisotopic (exact) mass is 259 g/mol. The Hall–Kier alpha value is -1.84. The molecule has 0 saturated heterocycles. The van der Waals surface area contributed by atoms with Crippen molar-refractivity contribution in [1.29, 1.82) is 0 Å². The van der Waals surface area contributed by atoms with Gasteiger partial charge in [-0.2, -0.15) is 0 Å². The van der Waals surface area contributed by atoms with Gasteiger partial charge in [0.1, 0.15) is 5.65 Å². The van der Waals surface area contributed by atoms with Gasteiger partial charge in [0.15, 0.2) is 0 Å². The molecule has 0 aliphatic heterocycles. The van der Waals surface area contributed by atoms with Crippen molar-refractivity contribution in [3.8, 4) is 0 Å². The van der Waals surface area contributed by atoms with Crippen LogP contribution in [0.2, 0.25) is 0 Å². The summed E-state index contributed by atoms with van der Waals surface area (Å²) in [5.74, 6) is 0.0268. The Balaban J connectivity index is 2.33. The summed E-state index contributed by atoms with van der Waals surface area (Å²) in [4.78, 5) is 16.6. The summed E-state index contributed by atoms with van der Waals surface area (Å²) in [5, 5.41) is 2.98. The number of imidazole rings is 1. The molecule has 0 aliphatic carbocycles. The van der Waals surface area contributed by atoms with Crippen LogP contribution in [-0.2, 0) is 11.2 Å². The quantitative estimate of drug-likeness (QED) is 0.900. The van der Waals surface area contributed by atoms with Crippen LogP contribution in [-0.4, -0.2) is 20.8 Å². The number of amides is 1. The standard InChI is InChI=1S/C15H21N3O/c1-10-7-6-8-18-12(11(2)16-14(10)18)9-13(19)17-15(3,4)5/h6-8H,9H2,1-5H3,(H,17,19). The minimum absolute atomic E-state index is 0.0268. The molecule has 0 bridgehead atoms. The van der Waals surface area contributed by atoms with Crippen molar-refractivity contribution in [3.63, 3.8) is 0 Å². The zero-order chi connectivity index (χ0) is 14.2. The molecule has 2 heterocycles. The Labute approximate surface area is 113 Å². The van der Waals surface area contributed by atoms with Crippen molar-refractivity contribution in [2.75, 3.05) is 0 Å². The summed E-state index contributed by atoms with van der Waals surface area (Å²) in [6.07, 6.45) is 2.32. The highest BCUT2D eigenvalue weighted by atomic mass is 16.1. The molecule has 0 aliphatic rings. The predicted octanol–water partition coefficient (Wildman–Crippen LogP) is 2.41. The van der Waals surface area contributed by atoms with Crippen molar-refractivity contribution in [1.82, 2.24) is 14.7 Å². The maximum atomic E-state index is 12.1. The molecule has 0 saturated carbocycles. The van der Waals surface area contributed by atoms with Crippen LogP contribution < -0.4 is 5.32 Å². The van der Waals surface area contributed by atoms with Crippen LogP contribution in [0, 0.1) is 13.8 Å². The number of hydrogen-bond donors (Lipinski definition) is 1. The SMILES string of the molecule is Cc1nc2c(C)cccn2c1CC(=O)NC(C)(C)C. The van der Waals surface area contributed by atoms with E-state index in [4.69, 9.17) is 0 Å². The van der Waals surface area contributed by atoms with Crippen molar-refractivity contribution < 1.29 is 4.79 Å². The smallest absolute Gasteiger partial charge is 0.226 e. The summed E-state index contributed by atoms with van der Waals surface area (Å²) in [5.41, 5.74) is 3.71. The Morgan fingerprint density at radius 1 is 1.37 bits per heavy atom. The molecule has 0 atom stereocenters. The van der Waals surface area contributed by atoms with Crippen molar-refractivity contribution in [2.24, 2.45) is 0 Å². The molecule has 102 valence electrons. The topological polar surface area (TPSA) is 46.4 Å². The number of pyridine rings is 1. The largest absolute Gasteiger partial charge is 0.351 e. The third-order valence-electron chi connectivity index (χ3n) is 2.99. The number of aromatic nitrogens is 2. The lowest BCUT2D eigenvalue weighted by Gasteiger charge is -2.20. The summed E-state index contributed by atoms with van der Waals surface area (Å²) in [6.45, 7) is 9.93. The van der Waals surface area contributed by atoms with Crippen LogP contribution in [0.5, 0.6) is 0 Å². The first kappa shape index (κ1) is 13.6. The second kappa shape index (κ2) is 4.68. The second-order valence-electron chi connectivity index (χ2n) is 6.00. The fourth-order valence-corrected chi connectivity index (χ4v) is 2.19. The molecule has 4 heteroatoms. The van der Waals surface area contributed by atoms with E-state index in [9.17, 15) is 4.79 Å². The minimum Gasteiger partial charge on any atom is -0.351 e. The first-order chi connectivity index (χ1) is 8.78. The zero-order valence-electron chi connectivity index (χ0n) is 12.2. The molecule has 2 aromatic heterocycles. The Morgan fingerprint density at radius 3 is 2.68 bits per heavy atom. The fraction of sp³-hybridized carbons (Fsp3) is 0.467. The van der Waals surface area contributed by atoms with Crippen molar-refractivity contribution >= 4 is 11.6 Å². The van der Waals surface area contributed by atoms with Gasteiger partial charge in [0.2, 0.25) is 5.91 Å². The molecule has 19 heavy (non-hydrogen) atoms. The molecule has 1 N–H and O–H groups in total. The van der Waals surface area contributed by atoms with Crippen molar-refractivity contribution in [2.45, 2.75) is 46.6 Å². The van der Waals surface area contributed by atoms with Gasteiger partial charge in [-0.15, -0.1) is 0 Å².